The van der Waals surface area contributed by atoms with Crippen molar-refractivity contribution in [3.8, 4) is 0 Å². The summed E-state index contributed by atoms with van der Waals surface area (Å²) in [5, 5.41) is 7.54. The second-order valence-corrected chi connectivity index (χ2v) is 6.22. The van der Waals surface area contributed by atoms with Crippen LogP contribution < -0.4 is 15.8 Å². The van der Waals surface area contributed by atoms with Crippen molar-refractivity contribution in [2.75, 3.05) is 31.1 Å². The first-order valence-electron chi connectivity index (χ1n) is 8.70. The molecule has 1 N–H and O–H groups in total. The van der Waals surface area contributed by atoms with E-state index in [9.17, 15) is 9.18 Å². The van der Waals surface area contributed by atoms with Crippen molar-refractivity contribution in [3.05, 3.63) is 46.4 Å². The summed E-state index contributed by atoms with van der Waals surface area (Å²) in [6.45, 7) is 6.30. The zero-order chi connectivity index (χ0) is 18.1. The molecular formula is C17H20FN7O. The molecule has 1 saturated heterocycles. The Kier molecular flexibility index (Phi) is 4.37. The molecule has 0 bridgehead atoms. The number of nitrogens with zero attached hydrogens (tertiary/aromatic N) is 6. The van der Waals surface area contributed by atoms with Crippen LogP contribution in [0.25, 0.3) is 11.0 Å². The molecule has 8 nitrogen and oxygen atoms in total. The van der Waals surface area contributed by atoms with Crippen molar-refractivity contribution in [1.29, 1.82) is 0 Å². The van der Waals surface area contributed by atoms with Gasteiger partial charge in [-0.15, -0.1) is 0 Å². The molecule has 1 aliphatic rings. The summed E-state index contributed by atoms with van der Waals surface area (Å²) in [5.41, 5.74) is 1.53. The van der Waals surface area contributed by atoms with Gasteiger partial charge in [-0.2, -0.15) is 9.49 Å². The molecule has 1 fully saturated rings. The summed E-state index contributed by atoms with van der Waals surface area (Å²) in [4.78, 5) is 23.4. The topological polar surface area (TPSA) is 80.9 Å². The van der Waals surface area contributed by atoms with E-state index in [1.165, 1.54) is 16.9 Å². The fourth-order valence-corrected chi connectivity index (χ4v) is 3.31. The molecule has 0 amide bonds. The van der Waals surface area contributed by atoms with E-state index in [0.29, 0.717) is 23.1 Å². The van der Waals surface area contributed by atoms with Crippen LogP contribution in [-0.2, 0) is 13.1 Å². The highest BCUT2D eigenvalue weighted by Gasteiger charge is 2.21. The van der Waals surface area contributed by atoms with Crippen molar-refractivity contribution in [2.24, 2.45) is 0 Å². The third-order valence-corrected chi connectivity index (χ3v) is 4.57. The van der Waals surface area contributed by atoms with Gasteiger partial charge in [0.1, 0.15) is 11.0 Å². The Balaban J connectivity index is 1.78. The molecule has 0 spiro atoms. The lowest BCUT2D eigenvalue weighted by atomic mass is 10.2. The molecule has 1 aliphatic heterocycles. The fraction of sp³-hybridized carbons (Fsp3) is 0.412. The van der Waals surface area contributed by atoms with Gasteiger partial charge < -0.3 is 14.8 Å². The molecule has 0 radical (unpaired) electrons. The van der Waals surface area contributed by atoms with E-state index in [1.54, 1.807) is 12.3 Å². The highest BCUT2D eigenvalue weighted by atomic mass is 19.1. The minimum absolute atomic E-state index is 0.187. The summed E-state index contributed by atoms with van der Waals surface area (Å²) in [5.74, 6) is 0.229. The molecule has 0 aromatic carbocycles. The summed E-state index contributed by atoms with van der Waals surface area (Å²) >= 11 is 0. The van der Waals surface area contributed by atoms with Crippen molar-refractivity contribution >= 4 is 17.0 Å². The highest BCUT2D eigenvalue weighted by molar-refractivity contribution is 5.77. The molecule has 4 heterocycles. The summed E-state index contributed by atoms with van der Waals surface area (Å²) in [7, 11) is 0. The summed E-state index contributed by atoms with van der Waals surface area (Å²) in [6.07, 6.45) is 2.99. The number of halogens is 1. The standard InChI is InChI=1S/C17H20FN7O/c1-2-24-15-13(22-17(24)23-7-5-19-6-8-23)10-21-25(16(15)26)11-12-3-4-20-14(18)9-12/h3-4,9-10,19H,2,5-8,11H2,1H3. The third-order valence-electron chi connectivity index (χ3n) is 4.57. The normalized spacial score (nSPS) is 14.9. The van der Waals surface area contributed by atoms with Crippen LogP contribution in [0, 0.1) is 5.95 Å². The number of hydrogen-bond acceptors (Lipinski definition) is 6. The zero-order valence-corrected chi connectivity index (χ0v) is 14.5. The van der Waals surface area contributed by atoms with Crippen molar-refractivity contribution in [3.63, 3.8) is 0 Å². The van der Waals surface area contributed by atoms with Crippen molar-refractivity contribution in [2.45, 2.75) is 20.0 Å². The van der Waals surface area contributed by atoms with E-state index in [-0.39, 0.29) is 12.1 Å². The Labute approximate surface area is 149 Å². The second-order valence-electron chi connectivity index (χ2n) is 6.22. The Morgan fingerprint density at radius 3 is 2.85 bits per heavy atom. The van der Waals surface area contributed by atoms with E-state index in [4.69, 9.17) is 0 Å². The molecule has 3 aromatic heterocycles. The number of aryl methyl sites for hydroxylation is 1. The van der Waals surface area contributed by atoms with Crippen LogP contribution in [0.2, 0.25) is 0 Å². The SMILES string of the molecule is CCn1c(N2CCNCC2)nc2cnn(Cc3ccnc(F)c3)c(=O)c21. The van der Waals surface area contributed by atoms with E-state index in [0.717, 1.165) is 32.1 Å². The number of anilines is 1. The number of hydrogen-bond donors (Lipinski definition) is 1. The number of fused-ring (bicyclic) bond motifs is 1. The van der Waals surface area contributed by atoms with E-state index >= 15 is 0 Å². The number of pyridine rings is 1. The Hall–Kier alpha value is -2.81. The van der Waals surface area contributed by atoms with Gasteiger partial charge in [0.25, 0.3) is 5.56 Å². The predicted molar refractivity (Wildman–Crippen MR) is 95.8 cm³/mol. The van der Waals surface area contributed by atoms with Gasteiger partial charge in [0.15, 0.2) is 0 Å². The van der Waals surface area contributed by atoms with Gasteiger partial charge in [-0.3, -0.25) is 4.79 Å². The van der Waals surface area contributed by atoms with Gasteiger partial charge in [-0.25, -0.2) is 14.6 Å². The minimum atomic E-state index is -0.573. The Bertz CT molecular complexity index is 990. The first kappa shape index (κ1) is 16.6. The van der Waals surface area contributed by atoms with Crippen LogP contribution in [-0.4, -0.2) is 50.5 Å². The van der Waals surface area contributed by atoms with Crippen molar-refractivity contribution in [1.82, 2.24) is 29.6 Å². The molecule has 0 atom stereocenters. The predicted octanol–water partition coefficient (Wildman–Crippen LogP) is 0.605. The average molecular weight is 357 g/mol. The molecule has 9 heteroatoms. The van der Waals surface area contributed by atoms with E-state index < -0.39 is 5.95 Å². The Morgan fingerprint density at radius 1 is 1.31 bits per heavy atom. The zero-order valence-electron chi connectivity index (χ0n) is 14.5. The number of imidazole rings is 1. The van der Waals surface area contributed by atoms with Gasteiger partial charge in [-0.05, 0) is 24.6 Å². The lowest BCUT2D eigenvalue weighted by Crippen LogP contribution is -2.44. The first-order chi connectivity index (χ1) is 12.7. The van der Waals surface area contributed by atoms with Gasteiger partial charge >= 0.3 is 0 Å². The van der Waals surface area contributed by atoms with Crippen LogP contribution in [0.1, 0.15) is 12.5 Å². The highest BCUT2D eigenvalue weighted by Crippen LogP contribution is 2.20. The fourth-order valence-electron chi connectivity index (χ4n) is 3.31. The second kappa shape index (κ2) is 6.83. The maximum Gasteiger partial charge on any atom is 0.293 e. The molecule has 0 saturated carbocycles. The minimum Gasteiger partial charge on any atom is -0.340 e. The van der Waals surface area contributed by atoms with Crippen LogP contribution in [0.4, 0.5) is 10.3 Å². The van der Waals surface area contributed by atoms with E-state index in [1.807, 2.05) is 11.5 Å². The molecule has 26 heavy (non-hydrogen) atoms. The lowest BCUT2D eigenvalue weighted by molar-refractivity contribution is 0.568. The number of rotatable bonds is 4. The molecular weight excluding hydrogens is 337 g/mol. The van der Waals surface area contributed by atoms with E-state index in [2.05, 4.69) is 25.3 Å². The van der Waals surface area contributed by atoms with Gasteiger partial charge in [0, 0.05) is 38.9 Å². The number of aromatic nitrogens is 5. The third kappa shape index (κ3) is 2.94. The van der Waals surface area contributed by atoms with Crippen LogP contribution >= 0.6 is 0 Å². The number of nitrogens with one attached hydrogen (secondary N) is 1. The molecule has 3 aromatic rings. The first-order valence-corrected chi connectivity index (χ1v) is 8.70. The van der Waals surface area contributed by atoms with Crippen LogP contribution in [0.15, 0.2) is 29.3 Å². The largest absolute Gasteiger partial charge is 0.340 e. The Morgan fingerprint density at radius 2 is 2.12 bits per heavy atom. The van der Waals surface area contributed by atoms with Crippen LogP contribution in [0.5, 0.6) is 0 Å². The smallest absolute Gasteiger partial charge is 0.293 e. The molecule has 0 unspecified atom stereocenters. The molecule has 0 aliphatic carbocycles. The monoisotopic (exact) mass is 357 g/mol. The van der Waals surface area contributed by atoms with Gasteiger partial charge in [0.05, 0.1) is 12.7 Å². The summed E-state index contributed by atoms with van der Waals surface area (Å²) < 4.78 is 16.6. The number of piperazine rings is 1. The van der Waals surface area contributed by atoms with Gasteiger partial charge in [0.2, 0.25) is 11.9 Å². The lowest BCUT2D eigenvalue weighted by Gasteiger charge is -2.28. The maximum atomic E-state index is 13.3. The van der Waals surface area contributed by atoms with Crippen LogP contribution in [0.3, 0.4) is 0 Å². The van der Waals surface area contributed by atoms with Crippen molar-refractivity contribution < 1.29 is 4.39 Å². The quantitative estimate of drug-likeness (QED) is 0.689. The molecule has 4 rings (SSSR count). The molecule has 136 valence electrons. The average Bonchev–Trinajstić information content (AvgIpc) is 3.04. The van der Waals surface area contributed by atoms with Gasteiger partial charge in [-0.1, -0.05) is 0 Å². The summed E-state index contributed by atoms with van der Waals surface area (Å²) in [6, 6.07) is 2.98. The maximum absolute atomic E-state index is 13.3.